The van der Waals surface area contributed by atoms with Crippen molar-refractivity contribution in [2.24, 2.45) is 11.7 Å². The Bertz CT molecular complexity index is 545. The number of halogens is 2. The van der Waals surface area contributed by atoms with Crippen molar-refractivity contribution in [1.29, 1.82) is 0 Å². The summed E-state index contributed by atoms with van der Waals surface area (Å²) in [7, 11) is 0. The van der Waals surface area contributed by atoms with Crippen LogP contribution in [0.25, 0.3) is 0 Å². The van der Waals surface area contributed by atoms with E-state index in [-0.39, 0.29) is 24.1 Å². The number of carbonyl (C=O) groups is 1. The Morgan fingerprint density at radius 2 is 2.04 bits per heavy atom. The zero-order valence-corrected chi connectivity index (χ0v) is 14.4. The maximum absolute atomic E-state index is 13.8. The summed E-state index contributed by atoms with van der Waals surface area (Å²) in [5, 5.41) is 2.98. The average molecular weight is 339 g/mol. The molecule has 1 aromatic carbocycles. The number of rotatable bonds is 6. The van der Waals surface area contributed by atoms with Crippen LogP contribution < -0.4 is 11.1 Å². The highest BCUT2D eigenvalue weighted by molar-refractivity contribution is 5.81. The molecule has 1 unspecified atom stereocenters. The Labute approximate surface area is 142 Å². The lowest BCUT2D eigenvalue weighted by atomic mass is 10.0. The molecule has 0 saturated carbocycles. The van der Waals surface area contributed by atoms with E-state index in [4.69, 9.17) is 5.73 Å². The minimum Gasteiger partial charge on any atom is -0.351 e. The van der Waals surface area contributed by atoms with Crippen molar-refractivity contribution < 1.29 is 13.6 Å². The van der Waals surface area contributed by atoms with E-state index in [1.165, 1.54) is 18.2 Å². The molecular formula is C18H27F2N3O. The number of amides is 1. The number of nitrogens with zero attached hydrogens (tertiary/aromatic N) is 1. The van der Waals surface area contributed by atoms with Gasteiger partial charge in [0.2, 0.25) is 5.91 Å². The van der Waals surface area contributed by atoms with E-state index in [1.54, 1.807) is 0 Å². The highest BCUT2D eigenvalue weighted by Crippen LogP contribution is 2.18. The molecule has 0 spiro atoms. The van der Waals surface area contributed by atoms with Crippen LogP contribution in [0.3, 0.4) is 0 Å². The van der Waals surface area contributed by atoms with Gasteiger partial charge in [-0.15, -0.1) is 0 Å². The zero-order valence-electron chi connectivity index (χ0n) is 14.4. The summed E-state index contributed by atoms with van der Waals surface area (Å²) in [6.45, 7) is 5.60. The van der Waals surface area contributed by atoms with Crippen LogP contribution in [-0.4, -0.2) is 36.0 Å². The molecule has 4 nitrogen and oxygen atoms in total. The number of piperidine rings is 1. The molecule has 1 fully saturated rings. The molecule has 1 saturated heterocycles. The summed E-state index contributed by atoms with van der Waals surface area (Å²) in [5.41, 5.74) is 5.99. The van der Waals surface area contributed by atoms with Crippen molar-refractivity contribution >= 4 is 5.91 Å². The van der Waals surface area contributed by atoms with Gasteiger partial charge in [0.1, 0.15) is 11.6 Å². The molecule has 1 aliphatic rings. The van der Waals surface area contributed by atoms with Crippen LogP contribution in [0.1, 0.15) is 38.7 Å². The molecule has 1 aliphatic heterocycles. The van der Waals surface area contributed by atoms with Crippen molar-refractivity contribution in [2.75, 3.05) is 13.1 Å². The minimum absolute atomic E-state index is 0.0284. The Morgan fingerprint density at radius 1 is 1.38 bits per heavy atom. The average Bonchev–Trinajstić information content (AvgIpc) is 2.51. The first-order valence-electron chi connectivity index (χ1n) is 8.58. The van der Waals surface area contributed by atoms with Gasteiger partial charge < -0.3 is 11.1 Å². The Hall–Kier alpha value is -1.53. The van der Waals surface area contributed by atoms with Crippen molar-refractivity contribution in [3.05, 3.63) is 35.4 Å². The van der Waals surface area contributed by atoms with Gasteiger partial charge in [0.25, 0.3) is 0 Å². The molecule has 2 atom stereocenters. The third-order valence-corrected chi connectivity index (χ3v) is 4.36. The second-order valence-electron chi connectivity index (χ2n) is 7.02. The maximum Gasteiger partial charge on any atom is 0.237 e. The van der Waals surface area contributed by atoms with Crippen LogP contribution in [0.4, 0.5) is 8.78 Å². The smallest absolute Gasteiger partial charge is 0.237 e. The Morgan fingerprint density at radius 3 is 2.67 bits per heavy atom. The molecule has 24 heavy (non-hydrogen) atoms. The second kappa shape index (κ2) is 8.53. The van der Waals surface area contributed by atoms with Gasteiger partial charge in [0, 0.05) is 24.7 Å². The van der Waals surface area contributed by atoms with E-state index in [1.807, 2.05) is 18.7 Å². The fraction of sp³-hybridized carbons (Fsp3) is 0.611. The fourth-order valence-corrected chi connectivity index (χ4v) is 3.15. The first kappa shape index (κ1) is 18.8. The van der Waals surface area contributed by atoms with Gasteiger partial charge in [-0.05, 0) is 43.9 Å². The monoisotopic (exact) mass is 339 g/mol. The van der Waals surface area contributed by atoms with Crippen molar-refractivity contribution in [1.82, 2.24) is 10.2 Å². The lowest BCUT2D eigenvalue weighted by Crippen LogP contribution is -2.52. The second-order valence-corrected chi connectivity index (χ2v) is 7.02. The van der Waals surface area contributed by atoms with E-state index in [9.17, 15) is 13.6 Å². The zero-order chi connectivity index (χ0) is 17.7. The van der Waals surface area contributed by atoms with Gasteiger partial charge in [-0.3, -0.25) is 9.69 Å². The molecule has 134 valence electrons. The fourth-order valence-electron chi connectivity index (χ4n) is 3.15. The summed E-state index contributed by atoms with van der Waals surface area (Å²) in [4.78, 5) is 14.1. The minimum atomic E-state index is -0.528. The summed E-state index contributed by atoms with van der Waals surface area (Å²) in [6, 6.07) is 3.37. The molecule has 0 aliphatic carbocycles. The summed E-state index contributed by atoms with van der Waals surface area (Å²) in [6.07, 6.45) is 2.37. The van der Waals surface area contributed by atoms with Gasteiger partial charge in [-0.2, -0.15) is 0 Å². The number of nitrogens with one attached hydrogen (secondary N) is 1. The van der Waals surface area contributed by atoms with Gasteiger partial charge in [0.05, 0.1) is 6.04 Å². The van der Waals surface area contributed by atoms with Crippen LogP contribution in [0.15, 0.2) is 18.2 Å². The Balaban J connectivity index is 1.91. The SMILES string of the molecule is CC(C)C[C@H](N)C(=O)NC1CCCN(Cc2c(F)cccc2F)C1. The first-order chi connectivity index (χ1) is 11.4. The Kier molecular flexibility index (Phi) is 6.69. The van der Waals surface area contributed by atoms with Crippen LogP contribution in [0, 0.1) is 17.6 Å². The predicted molar refractivity (Wildman–Crippen MR) is 90.2 cm³/mol. The third kappa shape index (κ3) is 5.24. The van der Waals surface area contributed by atoms with Crippen molar-refractivity contribution in [3.63, 3.8) is 0 Å². The quantitative estimate of drug-likeness (QED) is 0.837. The largest absolute Gasteiger partial charge is 0.351 e. The molecular weight excluding hydrogens is 312 g/mol. The van der Waals surface area contributed by atoms with Crippen LogP contribution in [-0.2, 0) is 11.3 Å². The highest BCUT2D eigenvalue weighted by atomic mass is 19.1. The summed E-state index contributed by atoms with van der Waals surface area (Å²) >= 11 is 0. The molecule has 6 heteroatoms. The first-order valence-corrected chi connectivity index (χ1v) is 8.58. The van der Waals surface area contributed by atoms with Gasteiger partial charge >= 0.3 is 0 Å². The van der Waals surface area contributed by atoms with E-state index >= 15 is 0 Å². The van der Waals surface area contributed by atoms with Crippen LogP contribution in [0.2, 0.25) is 0 Å². The number of hydrogen-bond donors (Lipinski definition) is 2. The molecule has 2 rings (SSSR count). The lowest BCUT2D eigenvalue weighted by Gasteiger charge is -2.33. The van der Waals surface area contributed by atoms with Gasteiger partial charge in [0.15, 0.2) is 0 Å². The van der Waals surface area contributed by atoms with E-state index in [2.05, 4.69) is 5.32 Å². The molecule has 3 N–H and O–H groups in total. The molecule has 0 aromatic heterocycles. The van der Waals surface area contributed by atoms with Gasteiger partial charge in [-0.1, -0.05) is 19.9 Å². The number of nitrogens with two attached hydrogens (primary N) is 1. The molecule has 1 heterocycles. The maximum atomic E-state index is 13.8. The predicted octanol–water partition coefficient (Wildman–Crippen LogP) is 2.42. The molecule has 0 bridgehead atoms. The summed E-state index contributed by atoms with van der Waals surface area (Å²) < 4.78 is 27.6. The number of benzene rings is 1. The molecule has 1 amide bonds. The lowest BCUT2D eigenvalue weighted by molar-refractivity contribution is -0.123. The normalized spacial score (nSPS) is 20.2. The number of carbonyl (C=O) groups excluding carboxylic acids is 1. The topological polar surface area (TPSA) is 58.4 Å². The van der Waals surface area contributed by atoms with E-state index in [0.717, 1.165) is 19.4 Å². The van der Waals surface area contributed by atoms with Crippen LogP contribution in [0.5, 0.6) is 0 Å². The standard InChI is InChI=1S/C18H27F2N3O/c1-12(2)9-17(21)18(24)22-13-5-4-8-23(10-13)11-14-15(19)6-3-7-16(14)20/h3,6-7,12-13,17H,4-5,8-11,21H2,1-2H3,(H,22,24)/t13?,17-/m0/s1. The van der Waals surface area contributed by atoms with Crippen molar-refractivity contribution in [2.45, 2.75) is 51.7 Å². The molecule has 1 aromatic rings. The summed E-state index contributed by atoms with van der Waals surface area (Å²) in [5.74, 6) is -0.842. The van der Waals surface area contributed by atoms with E-state index in [0.29, 0.717) is 18.9 Å². The third-order valence-electron chi connectivity index (χ3n) is 4.36. The van der Waals surface area contributed by atoms with Crippen molar-refractivity contribution in [3.8, 4) is 0 Å². The number of likely N-dealkylation sites (tertiary alicyclic amines) is 1. The highest BCUT2D eigenvalue weighted by Gasteiger charge is 2.25. The van der Waals surface area contributed by atoms with Gasteiger partial charge in [-0.25, -0.2) is 8.78 Å². The number of hydrogen-bond acceptors (Lipinski definition) is 3. The molecule has 0 radical (unpaired) electrons. The van der Waals surface area contributed by atoms with Crippen LogP contribution >= 0.6 is 0 Å². The van der Waals surface area contributed by atoms with E-state index < -0.39 is 17.7 Å².